The highest BCUT2D eigenvalue weighted by Crippen LogP contribution is 2.18. The van der Waals surface area contributed by atoms with Crippen LogP contribution in [0.2, 0.25) is 0 Å². The normalized spacial score (nSPS) is 14.0. The van der Waals surface area contributed by atoms with E-state index in [4.69, 9.17) is 0 Å². The number of aromatic nitrogens is 1. The Balaban J connectivity index is 0.000000168. The molecule has 1 fully saturated rings. The molecule has 3 rings (SSSR count). The van der Waals surface area contributed by atoms with E-state index in [1.807, 2.05) is 23.0 Å². The average Bonchev–Trinajstić information content (AvgIpc) is 3.10. The summed E-state index contributed by atoms with van der Waals surface area (Å²) in [5, 5.41) is 1.00. The molecule has 1 aliphatic rings. The zero-order valence-electron chi connectivity index (χ0n) is 13.5. The Labute approximate surface area is 147 Å². The van der Waals surface area contributed by atoms with Gasteiger partial charge in [0.2, 0.25) is 0 Å². The minimum Gasteiger partial charge on any atom is -0.372 e. The first kappa shape index (κ1) is 17.8. The number of hydrogen-bond donors (Lipinski definition) is 0. The van der Waals surface area contributed by atoms with E-state index in [-0.39, 0.29) is 0 Å². The number of aldehydes is 1. The van der Waals surface area contributed by atoms with Crippen molar-refractivity contribution < 1.29 is 4.79 Å². The minimum absolute atomic E-state index is 0.750. The van der Waals surface area contributed by atoms with E-state index in [1.165, 1.54) is 38.0 Å². The number of hydrogen-bond acceptors (Lipinski definition) is 2. The van der Waals surface area contributed by atoms with E-state index in [0.29, 0.717) is 0 Å². The highest BCUT2D eigenvalue weighted by atomic mass is 79.9. The molecular formula is C19H25BrN2O. The monoisotopic (exact) mass is 376 g/mol. The van der Waals surface area contributed by atoms with Crippen LogP contribution < -0.4 is 4.90 Å². The Morgan fingerprint density at radius 2 is 1.78 bits per heavy atom. The topological polar surface area (TPSA) is 25.2 Å². The molecular weight excluding hydrogens is 352 g/mol. The van der Waals surface area contributed by atoms with Crippen molar-refractivity contribution in [3.8, 4) is 0 Å². The van der Waals surface area contributed by atoms with Crippen LogP contribution in [0, 0.1) is 0 Å². The summed E-state index contributed by atoms with van der Waals surface area (Å²) >= 11 is 3.35. The van der Waals surface area contributed by atoms with Crippen molar-refractivity contribution in [2.24, 2.45) is 0 Å². The smallest absolute Gasteiger partial charge is 0.151 e. The van der Waals surface area contributed by atoms with Gasteiger partial charge in [-0.25, -0.2) is 0 Å². The van der Waals surface area contributed by atoms with Crippen LogP contribution in [0.5, 0.6) is 0 Å². The van der Waals surface area contributed by atoms with Crippen molar-refractivity contribution in [1.82, 2.24) is 4.57 Å². The molecule has 1 aromatic heterocycles. The maximum atomic E-state index is 10.3. The Hall–Kier alpha value is -1.55. The van der Waals surface area contributed by atoms with Gasteiger partial charge in [-0.05, 0) is 43.9 Å². The molecule has 0 aliphatic carbocycles. The molecule has 23 heavy (non-hydrogen) atoms. The lowest BCUT2D eigenvalue weighted by atomic mass is 10.1. The van der Waals surface area contributed by atoms with E-state index in [2.05, 4.69) is 51.2 Å². The molecule has 3 nitrogen and oxygen atoms in total. The number of benzene rings is 1. The van der Waals surface area contributed by atoms with E-state index in [1.54, 1.807) is 0 Å². The number of aryl methyl sites for hydroxylation is 1. The second-order valence-corrected chi connectivity index (χ2v) is 6.52. The lowest BCUT2D eigenvalue weighted by Crippen LogP contribution is -2.29. The van der Waals surface area contributed by atoms with Gasteiger partial charge in [-0.15, -0.1) is 0 Å². The highest BCUT2D eigenvalue weighted by Gasteiger charge is 2.09. The van der Waals surface area contributed by atoms with Crippen molar-refractivity contribution in [2.75, 3.05) is 23.3 Å². The average molecular weight is 377 g/mol. The van der Waals surface area contributed by atoms with Crippen molar-refractivity contribution >= 4 is 27.9 Å². The van der Waals surface area contributed by atoms with Gasteiger partial charge < -0.3 is 9.47 Å². The van der Waals surface area contributed by atoms with Crippen LogP contribution in [0.15, 0.2) is 48.8 Å². The molecule has 2 heterocycles. The Bertz CT molecular complexity index is 562. The summed E-state index contributed by atoms with van der Waals surface area (Å²) in [5.41, 5.74) is 2.14. The van der Waals surface area contributed by atoms with Crippen molar-refractivity contribution in [3.63, 3.8) is 0 Å². The number of rotatable bonds is 5. The summed E-state index contributed by atoms with van der Waals surface area (Å²) in [6.45, 7) is 3.45. The summed E-state index contributed by atoms with van der Waals surface area (Å²) < 4.78 is 2.02. The molecule has 124 valence electrons. The lowest BCUT2D eigenvalue weighted by Gasteiger charge is -2.28. The fourth-order valence-electron chi connectivity index (χ4n) is 2.70. The van der Waals surface area contributed by atoms with Crippen LogP contribution in [-0.2, 0) is 6.54 Å². The number of carbonyl (C=O) groups is 1. The molecule has 1 aromatic carbocycles. The van der Waals surface area contributed by atoms with Crippen LogP contribution in [0.1, 0.15) is 36.0 Å². The molecule has 0 saturated carbocycles. The fourth-order valence-corrected chi connectivity index (χ4v) is 2.95. The second-order valence-electron chi connectivity index (χ2n) is 5.73. The maximum absolute atomic E-state index is 10.3. The molecule has 2 aromatic rings. The predicted molar refractivity (Wildman–Crippen MR) is 101 cm³/mol. The first-order chi connectivity index (χ1) is 11.3. The molecule has 4 heteroatoms. The quantitative estimate of drug-likeness (QED) is 0.554. The van der Waals surface area contributed by atoms with Crippen LogP contribution in [-0.4, -0.2) is 29.3 Å². The van der Waals surface area contributed by atoms with E-state index < -0.39 is 0 Å². The molecule has 0 spiro atoms. The fraction of sp³-hybridized carbons (Fsp3) is 0.421. The Morgan fingerprint density at radius 1 is 1.04 bits per heavy atom. The van der Waals surface area contributed by atoms with Gasteiger partial charge in [0.05, 0.1) is 0 Å². The van der Waals surface area contributed by atoms with Crippen LogP contribution in [0.4, 0.5) is 5.69 Å². The lowest BCUT2D eigenvalue weighted by molar-refractivity contribution is 0.112. The molecule has 0 bridgehead atoms. The van der Waals surface area contributed by atoms with Gasteiger partial charge >= 0.3 is 0 Å². The summed E-state index contributed by atoms with van der Waals surface area (Å²) in [6.07, 6.45) is 9.85. The van der Waals surface area contributed by atoms with Crippen molar-refractivity contribution in [3.05, 3.63) is 54.4 Å². The third-order valence-electron chi connectivity index (χ3n) is 3.94. The molecule has 0 radical (unpaired) electrons. The number of piperidine rings is 1. The van der Waals surface area contributed by atoms with Gasteiger partial charge in [0, 0.05) is 48.6 Å². The van der Waals surface area contributed by atoms with Gasteiger partial charge in [0.25, 0.3) is 0 Å². The second kappa shape index (κ2) is 10.3. The zero-order chi connectivity index (χ0) is 16.3. The molecule has 1 saturated heterocycles. The third kappa shape index (κ3) is 6.22. The van der Waals surface area contributed by atoms with Crippen molar-refractivity contribution in [1.29, 1.82) is 0 Å². The summed E-state index contributed by atoms with van der Waals surface area (Å²) in [6, 6.07) is 12.5. The molecule has 0 N–H and O–H groups in total. The standard InChI is InChI=1S/C11H15N.C8H10BrNO/c1-3-7-11(8-4-1)12-9-5-2-6-10-12;9-3-1-4-10-5-2-8(6-10)7-11/h1,3-4,7-8H,2,5-6,9-10H2;2,5-7H,1,3-4H2. The molecule has 1 aliphatic heterocycles. The molecule has 0 atom stereocenters. The Morgan fingerprint density at radius 3 is 2.39 bits per heavy atom. The summed E-state index contributed by atoms with van der Waals surface area (Å²) in [7, 11) is 0. The largest absolute Gasteiger partial charge is 0.372 e. The predicted octanol–water partition coefficient (Wildman–Crippen LogP) is 4.76. The van der Waals surface area contributed by atoms with Crippen LogP contribution >= 0.6 is 15.9 Å². The highest BCUT2D eigenvalue weighted by molar-refractivity contribution is 9.09. The maximum Gasteiger partial charge on any atom is 0.151 e. The number of carbonyl (C=O) groups excluding carboxylic acids is 1. The minimum atomic E-state index is 0.750. The van der Waals surface area contributed by atoms with E-state index >= 15 is 0 Å². The zero-order valence-corrected chi connectivity index (χ0v) is 15.1. The van der Waals surface area contributed by atoms with E-state index in [9.17, 15) is 4.79 Å². The molecule has 0 amide bonds. The van der Waals surface area contributed by atoms with E-state index in [0.717, 1.165) is 30.1 Å². The Kier molecular flexibility index (Phi) is 7.95. The van der Waals surface area contributed by atoms with Crippen LogP contribution in [0.25, 0.3) is 0 Å². The SMILES string of the molecule is O=Cc1ccn(CCCBr)c1.c1ccc(N2CCCCC2)cc1. The first-order valence-corrected chi connectivity index (χ1v) is 9.42. The van der Waals surface area contributed by atoms with Gasteiger partial charge in [-0.1, -0.05) is 34.1 Å². The molecule has 0 unspecified atom stereocenters. The number of anilines is 1. The summed E-state index contributed by atoms with van der Waals surface area (Å²) in [4.78, 5) is 12.7. The van der Waals surface area contributed by atoms with Gasteiger partial charge in [-0.2, -0.15) is 0 Å². The van der Waals surface area contributed by atoms with Crippen LogP contribution in [0.3, 0.4) is 0 Å². The van der Waals surface area contributed by atoms with Gasteiger partial charge in [0.15, 0.2) is 6.29 Å². The van der Waals surface area contributed by atoms with Gasteiger partial charge in [-0.3, -0.25) is 4.79 Å². The number of nitrogens with zero attached hydrogens (tertiary/aromatic N) is 2. The van der Waals surface area contributed by atoms with Crippen molar-refractivity contribution in [2.45, 2.75) is 32.2 Å². The number of halogens is 1. The third-order valence-corrected chi connectivity index (χ3v) is 4.50. The van der Waals surface area contributed by atoms with Gasteiger partial charge in [0.1, 0.15) is 0 Å². The number of para-hydroxylation sites is 1. The number of alkyl halides is 1. The first-order valence-electron chi connectivity index (χ1n) is 8.30. The summed E-state index contributed by atoms with van der Waals surface area (Å²) in [5.74, 6) is 0.